The summed E-state index contributed by atoms with van der Waals surface area (Å²) in [7, 11) is 1.62. The summed E-state index contributed by atoms with van der Waals surface area (Å²) in [5, 5.41) is 51.1. The van der Waals surface area contributed by atoms with Crippen LogP contribution in [-0.4, -0.2) is 63.7 Å². The Morgan fingerprint density at radius 2 is 1.79 bits per heavy atom. The Morgan fingerprint density at radius 1 is 1.07 bits per heavy atom. The van der Waals surface area contributed by atoms with Crippen LogP contribution in [0.4, 0.5) is 0 Å². The van der Waals surface area contributed by atoms with Crippen LogP contribution in [0.3, 0.4) is 0 Å². The lowest BCUT2D eigenvalue weighted by Crippen LogP contribution is -2.63. The van der Waals surface area contributed by atoms with Crippen LogP contribution in [0.5, 0.6) is 5.75 Å². The predicted octanol–water partition coefficient (Wildman–Crippen LogP) is 0.392. The Bertz CT molecular complexity index is 866. The summed E-state index contributed by atoms with van der Waals surface area (Å²) in [6, 6.07) is 13.1. The zero-order chi connectivity index (χ0) is 20.8. The molecule has 1 aliphatic carbocycles. The maximum Gasteiger partial charge on any atom is 0.222 e. The minimum atomic E-state index is -2.24. The molecule has 0 spiro atoms. The van der Waals surface area contributed by atoms with Gasteiger partial charge in [-0.25, -0.2) is 0 Å². The van der Waals surface area contributed by atoms with Crippen LogP contribution in [-0.2, 0) is 16.9 Å². The van der Waals surface area contributed by atoms with Crippen LogP contribution >= 0.6 is 0 Å². The summed E-state index contributed by atoms with van der Waals surface area (Å²) < 4.78 is 10.7. The molecule has 156 valence electrons. The molecule has 0 radical (unpaired) electrons. The van der Waals surface area contributed by atoms with Gasteiger partial charge >= 0.3 is 0 Å². The molecule has 2 aromatic rings. The standard InChI is InChI=1S/C22H26O7/c1-28-15-7-3-12(4-8-15)16-9-5-13-2-6-14(10-17(13)16)22(27)21(26)20(25)19(24)18(11-23)29-22/h2-4,6-8,10,16,18-21,23-27H,5,9,11H2,1H3/t16?,18-,19-,20+,21-,22+/m1/s1. The second kappa shape index (κ2) is 7.68. The van der Waals surface area contributed by atoms with Crippen LogP contribution in [0, 0.1) is 0 Å². The lowest BCUT2D eigenvalue weighted by atomic mass is 9.85. The number of hydrogen-bond acceptors (Lipinski definition) is 7. The smallest absolute Gasteiger partial charge is 0.222 e. The lowest BCUT2D eigenvalue weighted by molar-refractivity contribution is -0.357. The number of fused-ring (bicyclic) bond motifs is 1. The first kappa shape index (κ1) is 20.3. The van der Waals surface area contributed by atoms with Crippen molar-refractivity contribution in [3.8, 4) is 5.75 Å². The van der Waals surface area contributed by atoms with Crippen LogP contribution in [0.1, 0.15) is 34.6 Å². The van der Waals surface area contributed by atoms with Crippen molar-refractivity contribution >= 4 is 0 Å². The third-order valence-electron chi connectivity index (χ3n) is 6.12. The number of benzene rings is 2. The second-order valence-corrected chi connectivity index (χ2v) is 7.74. The van der Waals surface area contributed by atoms with Gasteiger partial charge in [-0.3, -0.25) is 0 Å². The van der Waals surface area contributed by atoms with E-state index in [0.717, 1.165) is 35.3 Å². The molecule has 6 atom stereocenters. The molecule has 1 heterocycles. The quantitative estimate of drug-likeness (QED) is 0.502. The van der Waals surface area contributed by atoms with Gasteiger partial charge in [-0.15, -0.1) is 0 Å². The van der Waals surface area contributed by atoms with Crippen LogP contribution in [0.25, 0.3) is 0 Å². The third-order valence-corrected chi connectivity index (χ3v) is 6.12. The molecule has 2 aliphatic rings. The van der Waals surface area contributed by atoms with Gasteiger partial charge in [0.25, 0.3) is 0 Å². The SMILES string of the molecule is COc1ccc(C2CCc3ccc([C@]4(O)O[C@H](CO)[C@@H](O)[C@H](O)[C@H]4O)cc32)cc1. The Labute approximate surface area is 168 Å². The van der Waals surface area contributed by atoms with Crippen molar-refractivity contribution in [1.82, 2.24) is 0 Å². The molecular weight excluding hydrogens is 376 g/mol. The first-order valence-electron chi connectivity index (χ1n) is 9.71. The van der Waals surface area contributed by atoms with Crippen LogP contribution in [0.15, 0.2) is 42.5 Å². The molecule has 0 saturated carbocycles. The van der Waals surface area contributed by atoms with E-state index < -0.39 is 36.8 Å². The first-order chi connectivity index (χ1) is 13.9. The second-order valence-electron chi connectivity index (χ2n) is 7.74. The molecule has 1 aliphatic heterocycles. The summed E-state index contributed by atoms with van der Waals surface area (Å²) >= 11 is 0. The van der Waals surface area contributed by atoms with E-state index >= 15 is 0 Å². The maximum absolute atomic E-state index is 11.1. The number of aryl methyl sites for hydroxylation is 1. The van der Waals surface area contributed by atoms with E-state index in [9.17, 15) is 25.5 Å². The molecular formula is C22H26O7. The molecule has 5 N–H and O–H groups in total. The largest absolute Gasteiger partial charge is 0.497 e. The molecule has 0 aromatic heterocycles. The van der Waals surface area contributed by atoms with E-state index in [2.05, 4.69) is 0 Å². The topological polar surface area (TPSA) is 120 Å². The number of aliphatic hydroxyl groups is 5. The van der Waals surface area contributed by atoms with Crippen molar-refractivity contribution in [3.05, 3.63) is 64.7 Å². The minimum Gasteiger partial charge on any atom is -0.497 e. The number of aliphatic hydroxyl groups excluding tert-OH is 4. The van der Waals surface area contributed by atoms with Crippen LogP contribution in [0.2, 0.25) is 0 Å². The molecule has 4 rings (SSSR count). The van der Waals surface area contributed by atoms with E-state index in [0.29, 0.717) is 0 Å². The number of hydrogen-bond donors (Lipinski definition) is 5. The first-order valence-corrected chi connectivity index (χ1v) is 9.71. The average Bonchev–Trinajstić information content (AvgIpc) is 3.18. The molecule has 2 aromatic carbocycles. The van der Waals surface area contributed by atoms with Gasteiger partial charge in [0.2, 0.25) is 5.79 Å². The van der Waals surface area contributed by atoms with E-state index in [1.165, 1.54) is 0 Å². The highest BCUT2D eigenvalue weighted by atomic mass is 16.7. The van der Waals surface area contributed by atoms with Gasteiger partial charge in [-0.2, -0.15) is 0 Å². The van der Waals surface area contributed by atoms with Gasteiger partial charge in [-0.1, -0.05) is 24.3 Å². The number of rotatable bonds is 4. The molecule has 1 fully saturated rings. The molecule has 29 heavy (non-hydrogen) atoms. The fraction of sp³-hybridized carbons (Fsp3) is 0.455. The van der Waals surface area contributed by atoms with Gasteiger partial charge in [0, 0.05) is 11.5 Å². The molecule has 0 bridgehead atoms. The summed E-state index contributed by atoms with van der Waals surface area (Å²) in [5.74, 6) is -1.35. The Hall–Kier alpha value is -2.00. The predicted molar refractivity (Wildman–Crippen MR) is 103 cm³/mol. The highest BCUT2D eigenvalue weighted by Gasteiger charge is 2.53. The van der Waals surface area contributed by atoms with Gasteiger partial charge < -0.3 is 35.0 Å². The molecule has 7 nitrogen and oxygen atoms in total. The molecule has 0 amide bonds. The van der Waals surface area contributed by atoms with Crippen molar-refractivity contribution in [2.75, 3.05) is 13.7 Å². The fourth-order valence-electron chi connectivity index (χ4n) is 4.40. The van der Waals surface area contributed by atoms with E-state index in [-0.39, 0.29) is 11.5 Å². The lowest BCUT2D eigenvalue weighted by Gasteiger charge is -2.45. The Morgan fingerprint density at radius 3 is 2.45 bits per heavy atom. The van der Waals surface area contributed by atoms with Crippen molar-refractivity contribution < 1.29 is 35.0 Å². The summed E-state index contributed by atoms with van der Waals surface area (Å²) in [6.07, 6.45) is -4.35. The maximum atomic E-state index is 11.1. The van der Waals surface area contributed by atoms with E-state index in [4.69, 9.17) is 9.47 Å². The van der Waals surface area contributed by atoms with Gasteiger partial charge in [-0.05, 0) is 47.7 Å². The Kier molecular flexibility index (Phi) is 5.37. The molecule has 7 heteroatoms. The average molecular weight is 402 g/mol. The highest BCUT2D eigenvalue weighted by molar-refractivity contribution is 5.46. The van der Waals surface area contributed by atoms with Gasteiger partial charge in [0.15, 0.2) is 0 Å². The zero-order valence-electron chi connectivity index (χ0n) is 16.1. The number of methoxy groups -OCH3 is 1. The summed E-state index contributed by atoms with van der Waals surface area (Å²) in [5.41, 5.74) is 3.54. The number of ether oxygens (including phenoxy) is 2. The molecule has 1 saturated heterocycles. The van der Waals surface area contributed by atoms with Crippen molar-refractivity contribution in [2.45, 2.75) is 49.0 Å². The Balaban J connectivity index is 1.70. The van der Waals surface area contributed by atoms with Crippen molar-refractivity contribution in [2.24, 2.45) is 0 Å². The van der Waals surface area contributed by atoms with Gasteiger partial charge in [0.1, 0.15) is 30.2 Å². The zero-order valence-corrected chi connectivity index (χ0v) is 16.1. The summed E-state index contributed by atoms with van der Waals surface area (Å²) in [4.78, 5) is 0. The highest BCUT2D eigenvalue weighted by Crippen LogP contribution is 2.43. The third kappa shape index (κ3) is 3.34. The monoisotopic (exact) mass is 402 g/mol. The van der Waals surface area contributed by atoms with Crippen LogP contribution < -0.4 is 4.74 Å². The van der Waals surface area contributed by atoms with Gasteiger partial charge in [0.05, 0.1) is 13.7 Å². The van der Waals surface area contributed by atoms with Crippen molar-refractivity contribution in [1.29, 1.82) is 0 Å². The van der Waals surface area contributed by atoms with Crippen molar-refractivity contribution in [3.63, 3.8) is 0 Å². The minimum absolute atomic E-state index is 0.115. The van der Waals surface area contributed by atoms with E-state index in [1.54, 1.807) is 19.2 Å². The van der Waals surface area contributed by atoms with E-state index in [1.807, 2.05) is 30.3 Å². The molecule has 1 unspecified atom stereocenters. The normalized spacial score (nSPS) is 34.1. The summed E-state index contributed by atoms with van der Waals surface area (Å²) in [6.45, 7) is -0.604. The fourth-order valence-corrected chi connectivity index (χ4v) is 4.40.